The van der Waals surface area contributed by atoms with Crippen LogP contribution in [0.2, 0.25) is 0 Å². The van der Waals surface area contributed by atoms with E-state index < -0.39 is 30.1 Å². The number of nitrogens with one attached hydrogen (secondary N) is 2. The lowest BCUT2D eigenvalue weighted by Gasteiger charge is -2.22. The third kappa shape index (κ3) is 8.90. The molecule has 2 rings (SSSR count). The Morgan fingerprint density at radius 3 is 1.81 bits per heavy atom. The topological polar surface area (TPSA) is 93.7 Å². The van der Waals surface area contributed by atoms with Crippen molar-refractivity contribution in [3.8, 4) is 0 Å². The van der Waals surface area contributed by atoms with Gasteiger partial charge in [-0.3, -0.25) is 4.79 Å². The van der Waals surface area contributed by atoms with Gasteiger partial charge in [-0.1, -0.05) is 74.5 Å². The van der Waals surface area contributed by atoms with Crippen molar-refractivity contribution in [1.29, 1.82) is 0 Å². The van der Waals surface area contributed by atoms with Gasteiger partial charge in [-0.15, -0.1) is 0 Å². The molecule has 0 bridgehead atoms. The normalized spacial score (nSPS) is 12.5. The van der Waals surface area contributed by atoms with E-state index in [9.17, 15) is 14.4 Å². The van der Waals surface area contributed by atoms with Crippen molar-refractivity contribution in [2.24, 2.45) is 5.92 Å². The molecule has 0 spiro atoms. The molecule has 0 saturated heterocycles. The van der Waals surface area contributed by atoms with Gasteiger partial charge in [0.25, 0.3) is 0 Å². The first-order chi connectivity index (χ1) is 14.8. The molecule has 0 heterocycles. The minimum absolute atomic E-state index is 0.102. The Kier molecular flexibility index (Phi) is 9.55. The summed E-state index contributed by atoms with van der Waals surface area (Å²) in [6.45, 7) is 5.65. The molecular formula is C24H30N2O5. The lowest BCUT2D eigenvalue weighted by molar-refractivity contribution is -0.148. The van der Waals surface area contributed by atoms with Gasteiger partial charge in [0.15, 0.2) is 0 Å². The molecule has 2 aromatic carbocycles. The summed E-state index contributed by atoms with van der Waals surface area (Å²) in [6, 6.07) is 16.9. The number of hydrogen-bond acceptors (Lipinski definition) is 5. The number of ether oxygens (including phenoxy) is 2. The van der Waals surface area contributed by atoms with Crippen molar-refractivity contribution in [3.63, 3.8) is 0 Å². The van der Waals surface area contributed by atoms with E-state index in [1.54, 1.807) is 6.92 Å². The van der Waals surface area contributed by atoms with Gasteiger partial charge in [-0.05, 0) is 30.4 Å². The molecule has 166 valence electrons. The lowest BCUT2D eigenvalue weighted by atomic mass is 10.0. The van der Waals surface area contributed by atoms with Crippen LogP contribution in [0.25, 0.3) is 0 Å². The largest absolute Gasteiger partial charge is 0.459 e. The summed E-state index contributed by atoms with van der Waals surface area (Å²) >= 11 is 0. The number of rotatable bonds is 10. The third-order valence-electron chi connectivity index (χ3n) is 4.46. The smallest absolute Gasteiger partial charge is 0.408 e. The predicted molar refractivity (Wildman–Crippen MR) is 117 cm³/mol. The van der Waals surface area contributed by atoms with Crippen LogP contribution < -0.4 is 10.6 Å². The molecule has 0 aliphatic heterocycles. The average molecular weight is 427 g/mol. The van der Waals surface area contributed by atoms with E-state index in [0.29, 0.717) is 6.42 Å². The molecule has 7 nitrogen and oxygen atoms in total. The molecule has 7 heteroatoms. The molecule has 0 aromatic heterocycles. The van der Waals surface area contributed by atoms with Crippen molar-refractivity contribution in [2.45, 2.75) is 52.5 Å². The van der Waals surface area contributed by atoms with Crippen molar-refractivity contribution in [1.82, 2.24) is 10.6 Å². The summed E-state index contributed by atoms with van der Waals surface area (Å²) in [5.74, 6) is -0.868. The molecule has 0 aliphatic rings. The fourth-order valence-electron chi connectivity index (χ4n) is 2.84. The van der Waals surface area contributed by atoms with Gasteiger partial charge >= 0.3 is 12.1 Å². The Bertz CT molecular complexity index is 840. The first kappa shape index (κ1) is 23.9. The summed E-state index contributed by atoms with van der Waals surface area (Å²) < 4.78 is 10.5. The fraction of sp³-hybridized carbons (Fsp3) is 0.375. The zero-order valence-corrected chi connectivity index (χ0v) is 18.2. The quantitative estimate of drug-likeness (QED) is 0.567. The lowest BCUT2D eigenvalue weighted by Crippen LogP contribution is -2.51. The van der Waals surface area contributed by atoms with Crippen LogP contribution in [0.3, 0.4) is 0 Å². The maximum atomic E-state index is 12.7. The summed E-state index contributed by atoms with van der Waals surface area (Å²) in [5.41, 5.74) is 1.70. The van der Waals surface area contributed by atoms with Crippen molar-refractivity contribution in [3.05, 3.63) is 71.8 Å². The van der Waals surface area contributed by atoms with E-state index in [-0.39, 0.29) is 19.1 Å². The standard InChI is InChI=1S/C24H30N2O5/c1-17(2)14-21(26-24(29)31-16-20-12-8-5-9-13-20)22(27)25-18(3)23(28)30-15-19-10-6-4-7-11-19/h4-13,17-18,21H,14-16H2,1-3H3,(H,25,27)(H,26,29)/t18-,21-/m1/s1. The molecule has 2 aromatic rings. The highest BCUT2D eigenvalue weighted by Gasteiger charge is 2.26. The van der Waals surface area contributed by atoms with Crippen LogP contribution in [0.1, 0.15) is 38.3 Å². The molecular weight excluding hydrogens is 396 g/mol. The van der Waals surface area contributed by atoms with Crippen LogP contribution in [-0.2, 0) is 32.3 Å². The molecule has 2 atom stereocenters. The van der Waals surface area contributed by atoms with Crippen LogP contribution in [0.4, 0.5) is 4.79 Å². The van der Waals surface area contributed by atoms with Crippen molar-refractivity contribution < 1.29 is 23.9 Å². The molecule has 0 aliphatic carbocycles. The molecule has 2 N–H and O–H groups in total. The SMILES string of the molecule is CC(C)C[C@@H](NC(=O)OCc1ccccc1)C(=O)N[C@H](C)C(=O)OCc1ccccc1. The summed E-state index contributed by atoms with van der Waals surface area (Å²) in [5, 5.41) is 5.21. The Labute approximate surface area is 183 Å². The zero-order valence-electron chi connectivity index (χ0n) is 18.2. The van der Waals surface area contributed by atoms with Crippen LogP contribution in [0, 0.1) is 5.92 Å². The van der Waals surface area contributed by atoms with Crippen LogP contribution in [0.15, 0.2) is 60.7 Å². The molecule has 2 amide bonds. The maximum Gasteiger partial charge on any atom is 0.408 e. The summed E-state index contributed by atoms with van der Waals surface area (Å²) in [6.07, 6.45) is -0.290. The Hall–Kier alpha value is -3.35. The number of alkyl carbamates (subject to hydrolysis) is 1. The van der Waals surface area contributed by atoms with Crippen LogP contribution in [0.5, 0.6) is 0 Å². The number of carbonyl (C=O) groups is 3. The van der Waals surface area contributed by atoms with E-state index >= 15 is 0 Å². The highest BCUT2D eigenvalue weighted by atomic mass is 16.5. The van der Waals surface area contributed by atoms with Crippen molar-refractivity contribution >= 4 is 18.0 Å². The predicted octanol–water partition coefficient (Wildman–Crippen LogP) is 3.58. The van der Waals surface area contributed by atoms with E-state index in [1.165, 1.54) is 0 Å². The molecule has 0 fully saturated rings. The third-order valence-corrected chi connectivity index (χ3v) is 4.46. The van der Waals surface area contributed by atoms with Crippen molar-refractivity contribution in [2.75, 3.05) is 0 Å². The Balaban J connectivity index is 1.85. The minimum atomic E-state index is -0.854. The van der Waals surface area contributed by atoms with E-state index in [1.807, 2.05) is 74.5 Å². The molecule has 0 unspecified atom stereocenters. The van der Waals surface area contributed by atoms with Gasteiger partial charge in [0, 0.05) is 0 Å². The number of esters is 1. The Morgan fingerprint density at radius 2 is 1.29 bits per heavy atom. The molecule has 31 heavy (non-hydrogen) atoms. The Morgan fingerprint density at radius 1 is 0.774 bits per heavy atom. The van der Waals surface area contributed by atoms with Gasteiger partial charge in [-0.2, -0.15) is 0 Å². The summed E-state index contributed by atoms with van der Waals surface area (Å²) in [7, 11) is 0. The molecule has 0 radical (unpaired) electrons. The number of benzene rings is 2. The van der Waals surface area contributed by atoms with Gasteiger partial charge in [0.1, 0.15) is 25.3 Å². The average Bonchev–Trinajstić information content (AvgIpc) is 2.76. The van der Waals surface area contributed by atoms with Gasteiger partial charge in [0.05, 0.1) is 0 Å². The highest BCUT2D eigenvalue weighted by Crippen LogP contribution is 2.08. The van der Waals surface area contributed by atoms with Crippen LogP contribution in [-0.4, -0.2) is 30.1 Å². The van der Waals surface area contributed by atoms with E-state index in [0.717, 1.165) is 11.1 Å². The van der Waals surface area contributed by atoms with E-state index in [4.69, 9.17) is 9.47 Å². The fourth-order valence-corrected chi connectivity index (χ4v) is 2.84. The van der Waals surface area contributed by atoms with Crippen LogP contribution >= 0.6 is 0 Å². The first-order valence-electron chi connectivity index (χ1n) is 10.3. The monoisotopic (exact) mass is 426 g/mol. The maximum absolute atomic E-state index is 12.7. The number of amides is 2. The zero-order chi connectivity index (χ0) is 22.6. The number of carbonyl (C=O) groups excluding carboxylic acids is 3. The van der Waals surface area contributed by atoms with Gasteiger partial charge in [-0.25, -0.2) is 9.59 Å². The highest BCUT2D eigenvalue weighted by molar-refractivity contribution is 5.89. The second kappa shape index (κ2) is 12.4. The first-order valence-corrected chi connectivity index (χ1v) is 10.3. The van der Waals surface area contributed by atoms with Gasteiger partial charge in [0.2, 0.25) is 5.91 Å². The second-order valence-corrected chi connectivity index (χ2v) is 7.71. The number of hydrogen-bond donors (Lipinski definition) is 2. The molecule has 0 saturated carbocycles. The summed E-state index contributed by atoms with van der Waals surface area (Å²) in [4.78, 5) is 37.1. The van der Waals surface area contributed by atoms with E-state index in [2.05, 4.69) is 10.6 Å². The second-order valence-electron chi connectivity index (χ2n) is 7.71. The minimum Gasteiger partial charge on any atom is -0.459 e. The van der Waals surface area contributed by atoms with Gasteiger partial charge < -0.3 is 20.1 Å².